The molecule has 0 aliphatic carbocycles. The van der Waals surface area contributed by atoms with E-state index in [1.54, 1.807) is 18.2 Å². The quantitative estimate of drug-likeness (QED) is 0.767. The van der Waals surface area contributed by atoms with E-state index in [4.69, 9.17) is 16.3 Å². The van der Waals surface area contributed by atoms with Gasteiger partial charge < -0.3 is 10.1 Å². The minimum atomic E-state index is -3.39. The molecule has 0 aromatic heterocycles. The minimum absolute atomic E-state index is 0.131. The topological polar surface area (TPSA) is 84.5 Å². The van der Waals surface area contributed by atoms with Crippen LogP contribution in [-0.4, -0.2) is 28.0 Å². The lowest BCUT2D eigenvalue weighted by Gasteiger charge is -2.25. The Morgan fingerprint density at radius 1 is 1.22 bits per heavy atom. The number of nitrogens with one attached hydrogen (secondary N) is 2. The lowest BCUT2D eigenvalue weighted by Crippen LogP contribution is -2.37. The monoisotopic (exact) mass is 408 g/mol. The number of fused-ring (bicyclic) bond motifs is 1. The Balaban J connectivity index is 1.65. The summed E-state index contributed by atoms with van der Waals surface area (Å²) in [5, 5.41) is 3.50. The third-order valence-corrected chi connectivity index (χ3v) is 6.08. The predicted octanol–water partition coefficient (Wildman–Crippen LogP) is 2.26. The zero-order valence-corrected chi connectivity index (χ0v) is 16.4. The van der Waals surface area contributed by atoms with Gasteiger partial charge in [0.05, 0.1) is 11.7 Å². The Labute approximate surface area is 163 Å². The molecule has 1 heterocycles. The first-order valence-electron chi connectivity index (χ1n) is 8.55. The summed E-state index contributed by atoms with van der Waals surface area (Å²) in [7, 11) is -2.00. The fraction of sp³-hybridized carbons (Fsp3) is 0.316. The second-order valence-corrected chi connectivity index (χ2v) is 8.78. The third-order valence-electron chi connectivity index (χ3n) is 4.53. The van der Waals surface area contributed by atoms with Gasteiger partial charge >= 0.3 is 0 Å². The van der Waals surface area contributed by atoms with Crippen molar-refractivity contribution < 1.29 is 17.9 Å². The number of carbonyl (C=O) groups is 1. The number of hydrogen-bond donors (Lipinski definition) is 2. The Kier molecular flexibility index (Phi) is 6.04. The Morgan fingerprint density at radius 2 is 1.96 bits per heavy atom. The molecule has 0 radical (unpaired) electrons. The molecule has 144 valence electrons. The van der Waals surface area contributed by atoms with Gasteiger partial charge in [0.15, 0.2) is 0 Å². The highest BCUT2D eigenvalue weighted by Crippen LogP contribution is 2.29. The van der Waals surface area contributed by atoms with Crippen LogP contribution in [0.5, 0.6) is 5.75 Å². The maximum Gasteiger partial charge on any atom is 0.227 e. The molecule has 2 aromatic rings. The molecule has 6 nitrogen and oxygen atoms in total. The number of rotatable bonds is 6. The van der Waals surface area contributed by atoms with Crippen LogP contribution in [0.15, 0.2) is 42.5 Å². The number of halogens is 1. The summed E-state index contributed by atoms with van der Waals surface area (Å²) in [6, 6.07) is 12.5. The van der Waals surface area contributed by atoms with Gasteiger partial charge in [-0.3, -0.25) is 4.79 Å². The second-order valence-electron chi connectivity index (χ2n) is 6.41. The summed E-state index contributed by atoms with van der Waals surface area (Å²) in [4.78, 5) is 12.6. The number of carbonyl (C=O) groups excluding carboxylic acids is 1. The zero-order chi connectivity index (χ0) is 19.4. The van der Waals surface area contributed by atoms with Crippen molar-refractivity contribution in [1.82, 2.24) is 10.0 Å². The van der Waals surface area contributed by atoms with Crippen molar-refractivity contribution in [3.8, 4) is 5.75 Å². The first kappa shape index (κ1) is 19.7. The lowest BCUT2D eigenvalue weighted by molar-refractivity contribution is -0.126. The maximum absolute atomic E-state index is 12.6. The molecule has 1 aliphatic rings. The first-order chi connectivity index (χ1) is 12.9. The van der Waals surface area contributed by atoms with Crippen molar-refractivity contribution in [2.45, 2.75) is 18.7 Å². The van der Waals surface area contributed by atoms with Crippen molar-refractivity contribution >= 4 is 27.5 Å². The van der Waals surface area contributed by atoms with Crippen LogP contribution in [0, 0.1) is 5.92 Å². The number of hydrogen-bond acceptors (Lipinski definition) is 4. The van der Waals surface area contributed by atoms with Crippen LogP contribution in [0.25, 0.3) is 0 Å². The smallest absolute Gasteiger partial charge is 0.227 e. The van der Waals surface area contributed by atoms with Crippen molar-refractivity contribution in [1.29, 1.82) is 0 Å². The molecule has 8 heteroatoms. The fourth-order valence-corrected chi connectivity index (χ4v) is 4.04. The van der Waals surface area contributed by atoms with Gasteiger partial charge in [-0.15, -0.1) is 0 Å². The number of amides is 1. The number of benzene rings is 2. The molecular weight excluding hydrogens is 388 g/mol. The van der Waals surface area contributed by atoms with E-state index in [2.05, 4.69) is 10.0 Å². The molecule has 0 unspecified atom stereocenters. The average Bonchev–Trinajstić information content (AvgIpc) is 2.66. The second kappa shape index (κ2) is 8.29. The maximum atomic E-state index is 12.6. The van der Waals surface area contributed by atoms with E-state index in [-0.39, 0.29) is 24.1 Å². The third kappa shape index (κ3) is 5.00. The Hall–Kier alpha value is -2.09. The predicted molar refractivity (Wildman–Crippen MR) is 104 cm³/mol. The Bertz CT molecular complexity index is 946. The summed E-state index contributed by atoms with van der Waals surface area (Å²) >= 11 is 6.02. The molecule has 1 atom stereocenters. The molecule has 2 N–H and O–H groups in total. The van der Waals surface area contributed by atoms with Crippen LogP contribution in [0.4, 0.5) is 0 Å². The van der Waals surface area contributed by atoms with Crippen LogP contribution < -0.4 is 14.8 Å². The van der Waals surface area contributed by atoms with Gasteiger partial charge in [0.1, 0.15) is 12.4 Å². The van der Waals surface area contributed by atoms with E-state index in [0.717, 1.165) is 16.9 Å². The zero-order valence-electron chi connectivity index (χ0n) is 14.9. The van der Waals surface area contributed by atoms with Crippen LogP contribution in [0.2, 0.25) is 5.02 Å². The van der Waals surface area contributed by atoms with E-state index in [9.17, 15) is 13.2 Å². The van der Waals surface area contributed by atoms with Gasteiger partial charge in [0, 0.05) is 11.6 Å². The van der Waals surface area contributed by atoms with Gasteiger partial charge in [-0.25, -0.2) is 13.1 Å². The van der Waals surface area contributed by atoms with Crippen LogP contribution in [-0.2, 0) is 33.5 Å². The normalized spacial score (nSPS) is 16.3. The SMILES string of the molecule is CNS(=O)(=O)Cc1ccccc1CNC(=O)[C@@H]1COc2ccc(Cl)cc2C1. The van der Waals surface area contributed by atoms with Gasteiger partial charge in [-0.1, -0.05) is 35.9 Å². The molecule has 3 rings (SSSR count). The summed E-state index contributed by atoms with van der Waals surface area (Å²) in [5.41, 5.74) is 2.34. The molecular formula is C19H21ClN2O4S. The van der Waals surface area contributed by atoms with E-state index >= 15 is 0 Å². The summed E-state index contributed by atoms with van der Waals surface area (Å²) in [5.74, 6) is 0.177. The highest BCUT2D eigenvalue weighted by atomic mass is 35.5. The molecule has 0 saturated carbocycles. The van der Waals surface area contributed by atoms with E-state index < -0.39 is 10.0 Å². The number of ether oxygens (including phenoxy) is 1. The van der Waals surface area contributed by atoms with Crippen molar-refractivity contribution in [3.05, 3.63) is 64.2 Å². The summed E-state index contributed by atoms with van der Waals surface area (Å²) in [6.07, 6.45) is 0.553. The summed E-state index contributed by atoms with van der Waals surface area (Å²) < 4.78 is 31.6. The molecule has 2 aromatic carbocycles. The average molecular weight is 409 g/mol. The van der Waals surface area contributed by atoms with Crippen molar-refractivity contribution in [2.75, 3.05) is 13.7 Å². The van der Waals surface area contributed by atoms with Crippen molar-refractivity contribution in [3.63, 3.8) is 0 Å². The van der Waals surface area contributed by atoms with Crippen LogP contribution in [0.3, 0.4) is 0 Å². The highest BCUT2D eigenvalue weighted by Gasteiger charge is 2.26. The summed E-state index contributed by atoms with van der Waals surface area (Å²) in [6.45, 7) is 0.559. The number of sulfonamides is 1. The molecule has 1 amide bonds. The Morgan fingerprint density at radius 3 is 2.70 bits per heavy atom. The fourth-order valence-electron chi connectivity index (χ4n) is 3.01. The molecule has 1 aliphatic heterocycles. The first-order valence-corrected chi connectivity index (χ1v) is 10.6. The van der Waals surface area contributed by atoms with Gasteiger partial charge in [-0.2, -0.15) is 0 Å². The van der Waals surface area contributed by atoms with Gasteiger partial charge in [0.25, 0.3) is 0 Å². The molecule has 0 spiro atoms. The van der Waals surface area contributed by atoms with Crippen LogP contribution in [0.1, 0.15) is 16.7 Å². The standard InChI is InChI=1S/C19H21ClN2O4S/c1-21-27(24,25)12-14-5-3-2-4-13(14)10-22-19(23)16-8-15-9-17(20)6-7-18(15)26-11-16/h2-7,9,16,21H,8,10-12H2,1H3,(H,22,23)/t16-/m0/s1. The minimum Gasteiger partial charge on any atom is -0.492 e. The van der Waals surface area contributed by atoms with Gasteiger partial charge in [-0.05, 0) is 48.4 Å². The van der Waals surface area contributed by atoms with Crippen LogP contribution >= 0.6 is 11.6 Å². The van der Waals surface area contributed by atoms with E-state index in [1.807, 2.05) is 24.3 Å². The molecule has 27 heavy (non-hydrogen) atoms. The molecule has 0 bridgehead atoms. The van der Waals surface area contributed by atoms with E-state index in [1.165, 1.54) is 7.05 Å². The molecule has 0 saturated heterocycles. The highest BCUT2D eigenvalue weighted by molar-refractivity contribution is 7.88. The molecule has 0 fully saturated rings. The van der Waals surface area contributed by atoms with Gasteiger partial charge in [0.2, 0.25) is 15.9 Å². The lowest BCUT2D eigenvalue weighted by atomic mass is 9.96. The largest absolute Gasteiger partial charge is 0.492 e. The van der Waals surface area contributed by atoms with E-state index in [0.29, 0.717) is 23.6 Å². The van der Waals surface area contributed by atoms with Crippen molar-refractivity contribution in [2.24, 2.45) is 5.92 Å².